The molecule has 0 atom stereocenters. The number of rotatable bonds is 7. The quantitative estimate of drug-likeness (QED) is 0.770. The third kappa shape index (κ3) is 6.95. The van der Waals surface area contributed by atoms with Gasteiger partial charge in [-0.25, -0.2) is 0 Å². The zero-order valence-electron chi connectivity index (χ0n) is 14.6. The summed E-state index contributed by atoms with van der Waals surface area (Å²) in [4.78, 5) is 25.7. The van der Waals surface area contributed by atoms with Crippen LogP contribution in [0.4, 0.5) is 0 Å². The summed E-state index contributed by atoms with van der Waals surface area (Å²) in [6.07, 6.45) is 4.82. The Kier molecular flexibility index (Phi) is 8.16. The Morgan fingerprint density at radius 3 is 2.71 bits per heavy atom. The number of aryl methyl sites for hydroxylation is 1. The van der Waals surface area contributed by atoms with Crippen molar-refractivity contribution in [3.63, 3.8) is 0 Å². The maximum absolute atomic E-state index is 12.0. The fraction of sp³-hybridized carbons (Fsp3) is 0.579. The first-order chi connectivity index (χ1) is 11.6. The largest absolute Gasteiger partial charge is 0.354 e. The molecule has 1 aliphatic heterocycles. The van der Waals surface area contributed by atoms with Gasteiger partial charge in [-0.15, -0.1) is 0 Å². The van der Waals surface area contributed by atoms with Gasteiger partial charge in [-0.05, 0) is 25.3 Å². The van der Waals surface area contributed by atoms with E-state index >= 15 is 0 Å². The molecule has 0 aliphatic carbocycles. The lowest BCUT2D eigenvalue weighted by atomic mass is 10.1. The average Bonchev–Trinajstić information content (AvgIpc) is 2.56. The molecule has 4 nitrogen and oxygen atoms in total. The van der Waals surface area contributed by atoms with Crippen LogP contribution in [0, 0.1) is 6.92 Å². The molecular formula is C19H28N2O2S. The van der Waals surface area contributed by atoms with E-state index in [-0.39, 0.29) is 18.4 Å². The fourth-order valence-corrected chi connectivity index (χ4v) is 3.57. The molecule has 1 aliphatic rings. The molecule has 0 saturated carbocycles. The summed E-state index contributed by atoms with van der Waals surface area (Å²) in [6, 6.07) is 8.54. The molecule has 1 N–H and O–H groups in total. The minimum Gasteiger partial charge on any atom is -0.354 e. The van der Waals surface area contributed by atoms with Crippen molar-refractivity contribution in [1.82, 2.24) is 10.2 Å². The van der Waals surface area contributed by atoms with Gasteiger partial charge in [0.1, 0.15) is 0 Å². The number of hydrogen-bond acceptors (Lipinski definition) is 3. The standard InChI is InChI=1S/C19H28N2O2S/c1-16-7-9-17(10-8-16)15-24-13-11-20-18(22)14-21-12-5-3-2-4-6-19(21)23/h7-10H,2-6,11-15H2,1H3,(H,20,22). The highest BCUT2D eigenvalue weighted by atomic mass is 32.2. The predicted molar refractivity (Wildman–Crippen MR) is 100 cm³/mol. The van der Waals surface area contributed by atoms with Crippen LogP contribution in [-0.2, 0) is 15.3 Å². The minimum atomic E-state index is -0.0418. The summed E-state index contributed by atoms with van der Waals surface area (Å²) >= 11 is 1.81. The molecule has 2 rings (SSSR count). The van der Waals surface area contributed by atoms with E-state index in [1.165, 1.54) is 11.1 Å². The Hall–Kier alpha value is -1.49. The number of likely N-dealkylation sites (tertiary alicyclic amines) is 1. The summed E-state index contributed by atoms with van der Waals surface area (Å²) in [5, 5.41) is 2.93. The minimum absolute atomic E-state index is 0.0418. The summed E-state index contributed by atoms with van der Waals surface area (Å²) in [5.41, 5.74) is 2.58. The summed E-state index contributed by atoms with van der Waals surface area (Å²) in [5.74, 6) is 1.92. The zero-order chi connectivity index (χ0) is 17.2. The van der Waals surface area contributed by atoms with Crippen molar-refractivity contribution in [2.24, 2.45) is 0 Å². The van der Waals surface area contributed by atoms with Crippen molar-refractivity contribution in [3.05, 3.63) is 35.4 Å². The molecule has 1 saturated heterocycles. The van der Waals surface area contributed by atoms with Crippen LogP contribution in [0.2, 0.25) is 0 Å². The number of carbonyl (C=O) groups excluding carboxylic acids is 2. The van der Waals surface area contributed by atoms with E-state index in [0.29, 0.717) is 19.5 Å². The van der Waals surface area contributed by atoms with Crippen molar-refractivity contribution >= 4 is 23.6 Å². The monoisotopic (exact) mass is 348 g/mol. The van der Waals surface area contributed by atoms with E-state index in [1.807, 2.05) is 11.8 Å². The molecule has 0 unspecified atom stereocenters. The highest BCUT2D eigenvalue weighted by molar-refractivity contribution is 7.98. The lowest BCUT2D eigenvalue weighted by Gasteiger charge is -2.24. The molecule has 0 spiro atoms. The highest BCUT2D eigenvalue weighted by Gasteiger charge is 2.17. The van der Waals surface area contributed by atoms with Gasteiger partial charge in [0.05, 0.1) is 6.54 Å². The molecule has 1 heterocycles. The first-order valence-electron chi connectivity index (χ1n) is 8.83. The normalized spacial score (nSPS) is 15.7. The van der Waals surface area contributed by atoms with Crippen LogP contribution in [0.1, 0.15) is 43.2 Å². The third-order valence-corrected chi connectivity index (χ3v) is 5.24. The number of thioether (sulfide) groups is 1. The molecule has 132 valence electrons. The van der Waals surface area contributed by atoms with Crippen molar-refractivity contribution in [1.29, 1.82) is 0 Å². The van der Waals surface area contributed by atoms with Gasteiger partial charge in [0.15, 0.2) is 0 Å². The molecule has 5 heteroatoms. The van der Waals surface area contributed by atoms with Crippen molar-refractivity contribution in [2.75, 3.05) is 25.4 Å². The van der Waals surface area contributed by atoms with Crippen molar-refractivity contribution in [2.45, 2.75) is 44.8 Å². The molecule has 2 amide bonds. The highest BCUT2D eigenvalue weighted by Crippen LogP contribution is 2.13. The predicted octanol–water partition coefficient (Wildman–Crippen LogP) is 3.14. The van der Waals surface area contributed by atoms with Crippen LogP contribution in [0.15, 0.2) is 24.3 Å². The van der Waals surface area contributed by atoms with E-state index in [0.717, 1.165) is 37.2 Å². The Morgan fingerprint density at radius 2 is 1.92 bits per heavy atom. The number of amides is 2. The molecule has 0 radical (unpaired) electrons. The van der Waals surface area contributed by atoms with Gasteiger partial charge in [0, 0.05) is 31.0 Å². The zero-order valence-corrected chi connectivity index (χ0v) is 15.4. The second-order valence-electron chi connectivity index (χ2n) is 6.37. The molecule has 0 bridgehead atoms. The first kappa shape index (κ1) is 18.8. The molecule has 1 aromatic carbocycles. The van der Waals surface area contributed by atoms with E-state index in [2.05, 4.69) is 36.5 Å². The SMILES string of the molecule is Cc1ccc(CSCCNC(=O)CN2CCCCCCC2=O)cc1. The smallest absolute Gasteiger partial charge is 0.239 e. The maximum Gasteiger partial charge on any atom is 0.239 e. The topological polar surface area (TPSA) is 49.4 Å². The van der Waals surface area contributed by atoms with Gasteiger partial charge >= 0.3 is 0 Å². The van der Waals surface area contributed by atoms with E-state index in [9.17, 15) is 9.59 Å². The number of hydrogen-bond donors (Lipinski definition) is 1. The Labute approximate surface area is 149 Å². The lowest BCUT2D eigenvalue weighted by Crippen LogP contribution is -2.42. The van der Waals surface area contributed by atoms with Gasteiger partial charge in [-0.3, -0.25) is 9.59 Å². The van der Waals surface area contributed by atoms with Crippen LogP contribution in [-0.4, -0.2) is 42.1 Å². The van der Waals surface area contributed by atoms with Crippen LogP contribution >= 0.6 is 11.8 Å². The van der Waals surface area contributed by atoms with Crippen LogP contribution in [0.5, 0.6) is 0 Å². The van der Waals surface area contributed by atoms with E-state index in [4.69, 9.17) is 0 Å². The number of nitrogens with zero attached hydrogens (tertiary/aromatic N) is 1. The third-order valence-electron chi connectivity index (χ3n) is 4.21. The van der Waals surface area contributed by atoms with Crippen molar-refractivity contribution < 1.29 is 9.59 Å². The average molecular weight is 349 g/mol. The van der Waals surface area contributed by atoms with E-state index in [1.54, 1.807) is 4.90 Å². The van der Waals surface area contributed by atoms with Crippen LogP contribution < -0.4 is 5.32 Å². The van der Waals surface area contributed by atoms with Gasteiger partial charge in [0.2, 0.25) is 11.8 Å². The molecule has 24 heavy (non-hydrogen) atoms. The van der Waals surface area contributed by atoms with Crippen molar-refractivity contribution in [3.8, 4) is 0 Å². The van der Waals surface area contributed by atoms with Crippen LogP contribution in [0.3, 0.4) is 0 Å². The number of benzene rings is 1. The first-order valence-corrected chi connectivity index (χ1v) is 9.98. The Morgan fingerprint density at radius 1 is 1.17 bits per heavy atom. The van der Waals surface area contributed by atoms with Gasteiger partial charge in [0.25, 0.3) is 0 Å². The second kappa shape index (κ2) is 10.4. The molecular weight excluding hydrogens is 320 g/mol. The number of nitrogens with one attached hydrogen (secondary N) is 1. The Balaban J connectivity index is 1.60. The summed E-state index contributed by atoms with van der Waals surface area (Å²) in [7, 11) is 0. The lowest BCUT2D eigenvalue weighted by molar-refractivity contribution is -0.136. The van der Waals surface area contributed by atoms with Crippen LogP contribution in [0.25, 0.3) is 0 Å². The Bertz CT molecular complexity index is 531. The molecule has 0 aromatic heterocycles. The molecule has 1 aromatic rings. The van der Waals surface area contributed by atoms with E-state index < -0.39 is 0 Å². The summed E-state index contributed by atoms with van der Waals surface area (Å²) < 4.78 is 0. The fourth-order valence-electron chi connectivity index (χ4n) is 2.75. The molecule has 1 fully saturated rings. The number of carbonyl (C=O) groups is 2. The maximum atomic E-state index is 12.0. The van der Waals surface area contributed by atoms with Gasteiger partial charge in [-0.2, -0.15) is 11.8 Å². The van der Waals surface area contributed by atoms with Gasteiger partial charge in [-0.1, -0.05) is 42.7 Å². The summed E-state index contributed by atoms with van der Waals surface area (Å²) in [6.45, 7) is 3.66. The second-order valence-corrected chi connectivity index (χ2v) is 7.47. The van der Waals surface area contributed by atoms with Gasteiger partial charge < -0.3 is 10.2 Å².